The van der Waals surface area contributed by atoms with Crippen LogP contribution in [0.1, 0.15) is 0 Å². The number of aromatic nitrogens is 2. The van der Waals surface area contributed by atoms with Gasteiger partial charge in [-0.2, -0.15) is 0 Å². The predicted octanol–water partition coefficient (Wildman–Crippen LogP) is 6.72. The maximum Gasteiger partial charge on any atom is 0.573 e. The molecule has 6 nitrogen and oxygen atoms in total. The zero-order valence-electron chi connectivity index (χ0n) is 17.5. The van der Waals surface area contributed by atoms with Gasteiger partial charge in [0.15, 0.2) is 5.82 Å². The lowest BCUT2D eigenvalue weighted by Gasteiger charge is -2.14. The van der Waals surface area contributed by atoms with Gasteiger partial charge in [-0.1, -0.05) is 36.4 Å². The second-order valence-electron chi connectivity index (χ2n) is 7.40. The fourth-order valence-corrected chi connectivity index (χ4v) is 3.85. The molecule has 2 amide bonds. The summed E-state index contributed by atoms with van der Waals surface area (Å²) in [7, 11) is 0. The van der Waals surface area contributed by atoms with Crippen LogP contribution in [0.3, 0.4) is 0 Å². The van der Waals surface area contributed by atoms with E-state index in [1.807, 2.05) is 53.1 Å². The van der Waals surface area contributed by atoms with E-state index in [0.717, 1.165) is 33.9 Å². The molecule has 2 aromatic heterocycles. The fraction of sp³-hybridized carbons (Fsp3) is 0.0400. The minimum absolute atomic E-state index is 0.300. The van der Waals surface area contributed by atoms with Gasteiger partial charge in [0, 0.05) is 22.7 Å². The number of pyridine rings is 1. The molecule has 170 valence electrons. The van der Waals surface area contributed by atoms with Gasteiger partial charge in [-0.15, -0.1) is 13.2 Å². The van der Waals surface area contributed by atoms with Gasteiger partial charge in [-0.05, 0) is 48.5 Å². The number of nitrogens with one attached hydrogen (secondary N) is 2. The number of rotatable bonds is 4. The van der Waals surface area contributed by atoms with Crippen molar-refractivity contribution >= 4 is 39.2 Å². The number of anilines is 2. The monoisotopic (exact) mass is 462 g/mol. The molecule has 0 radical (unpaired) electrons. The van der Waals surface area contributed by atoms with Crippen molar-refractivity contribution in [2.24, 2.45) is 0 Å². The van der Waals surface area contributed by atoms with Crippen LogP contribution in [-0.2, 0) is 0 Å². The first-order chi connectivity index (χ1) is 16.4. The molecule has 0 aliphatic rings. The maximum absolute atomic E-state index is 12.7. The summed E-state index contributed by atoms with van der Waals surface area (Å²) in [5.74, 6) is 0.156. The highest BCUT2D eigenvalue weighted by Gasteiger charge is 2.31. The van der Waals surface area contributed by atoms with Crippen molar-refractivity contribution in [3.8, 4) is 11.6 Å². The highest BCUT2D eigenvalue weighted by atomic mass is 19.4. The Morgan fingerprint density at radius 2 is 1.41 bits per heavy atom. The van der Waals surface area contributed by atoms with E-state index in [0.29, 0.717) is 17.2 Å². The smallest absolute Gasteiger partial charge is 0.406 e. The van der Waals surface area contributed by atoms with E-state index in [4.69, 9.17) is 0 Å². The maximum atomic E-state index is 12.7. The van der Waals surface area contributed by atoms with Crippen molar-refractivity contribution in [1.29, 1.82) is 0 Å². The van der Waals surface area contributed by atoms with Crippen LogP contribution in [0.25, 0.3) is 27.6 Å². The lowest BCUT2D eigenvalue weighted by atomic mass is 10.2. The van der Waals surface area contributed by atoms with E-state index in [1.54, 1.807) is 18.3 Å². The van der Waals surface area contributed by atoms with Gasteiger partial charge in [-0.25, -0.2) is 9.78 Å². The highest BCUT2D eigenvalue weighted by molar-refractivity contribution is 6.10. The van der Waals surface area contributed by atoms with Crippen LogP contribution in [0.4, 0.5) is 29.3 Å². The van der Waals surface area contributed by atoms with Crippen molar-refractivity contribution in [1.82, 2.24) is 9.55 Å². The Morgan fingerprint density at radius 1 is 0.794 bits per heavy atom. The minimum Gasteiger partial charge on any atom is -0.406 e. The summed E-state index contributed by atoms with van der Waals surface area (Å²) >= 11 is 0. The number of alkyl halides is 3. The van der Waals surface area contributed by atoms with Gasteiger partial charge in [-0.3, -0.25) is 4.57 Å². The van der Waals surface area contributed by atoms with Crippen LogP contribution in [0.2, 0.25) is 0 Å². The Labute approximate surface area is 191 Å². The van der Waals surface area contributed by atoms with E-state index in [-0.39, 0.29) is 5.75 Å². The summed E-state index contributed by atoms with van der Waals surface area (Å²) < 4.78 is 42.8. The third kappa shape index (κ3) is 4.23. The van der Waals surface area contributed by atoms with Crippen molar-refractivity contribution < 1.29 is 22.7 Å². The molecule has 0 atom stereocenters. The van der Waals surface area contributed by atoms with Crippen LogP contribution in [-0.4, -0.2) is 21.9 Å². The largest absolute Gasteiger partial charge is 0.573 e. The SMILES string of the molecule is O=C(Nc1ccc(OC(F)(F)F)cc1)Nc1cccnc1-n1c2ccccc2c2ccccc21. The second-order valence-corrected chi connectivity index (χ2v) is 7.40. The van der Waals surface area contributed by atoms with E-state index in [9.17, 15) is 18.0 Å². The molecular weight excluding hydrogens is 445 g/mol. The molecule has 0 unspecified atom stereocenters. The van der Waals surface area contributed by atoms with Crippen LogP contribution < -0.4 is 15.4 Å². The normalized spacial score (nSPS) is 11.5. The number of nitrogens with zero attached hydrogens (tertiary/aromatic N) is 2. The third-order valence-corrected chi connectivity index (χ3v) is 5.17. The summed E-state index contributed by atoms with van der Waals surface area (Å²) in [5.41, 5.74) is 2.63. The third-order valence-electron chi connectivity index (χ3n) is 5.17. The van der Waals surface area contributed by atoms with Gasteiger partial charge in [0.25, 0.3) is 0 Å². The number of benzene rings is 3. The average molecular weight is 462 g/mol. The molecule has 0 aliphatic carbocycles. The number of para-hydroxylation sites is 2. The first kappa shape index (κ1) is 21.3. The van der Waals surface area contributed by atoms with Gasteiger partial charge < -0.3 is 15.4 Å². The molecule has 34 heavy (non-hydrogen) atoms. The number of urea groups is 1. The number of fused-ring (bicyclic) bond motifs is 3. The Morgan fingerprint density at radius 3 is 2.03 bits per heavy atom. The highest BCUT2D eigenvalue weighted by Crippen LogP contribution is 2.33. The zero-order chi connectivity index (χ0) is 23.7. The number of ether oxygens (including phenoxy) is 1. The Balaban J connectivity index is 1.44. The van der Waals surface area contributed by atoms with Crippen LogP contribution >= 0.6 is 0 Å². The van der Waals surface area contributed by atoms with Gasteiger partial charge in [0.2, 0.25) is 0 Å². The lowest BCUT2D eigenvalue weighted by molar-refractivity contribution is -0.274. The van der Waals surface area contributed by atoms with Gasteiger partial charge >= 0.3 is 12.4 Å². The number of halogens is 3. The molecule has 0 saturated carbocycles. The van der Waals surface area contributed by atoms with Crippen molar-refractivity contribution in [2.75, 3.05) is 10.6 Å². The summed E-state index contributed by atoms with van der Waals surface area (Å²) in [6.07, 6.45) is -3.14. The minimum atomic E-state index is -4.78. The zero-order valence-corrected chi connectivity index (χ0v) is 17.5. The first-order valence-electron chi connectivity index (χ1n) is 10.3. The molecule has 2 heterocycles. The van der Waals surface area contributed by atoms with E-state index < -0.39 is 12.4 Å². The van der Waals surface area contributed by atoms with Crippen molar-refractivity contribution in [3.05, 3.63) is 91.1 Å². The molecule has 0 aliphatic heterocycles. The standard InChI is InChI=1S/C25H17F3N4O2/c26-25(27,28)34-17-13-11-16(12-14-17)30-24(33)31-20-8-5-15-29-23(20)32-21-9-3-1-6-18(21)19-7-2-4-10-22(19)32/h1-15H,(H2,30,31,33). The topological polar surface area (TPSA) is 68.2 Å². The second kappa shape index (κ2) is 8.43. The molecular formula is C25H17F3N4O2. The molecule has 3 aromatic carbocycles. The fourth-order valence-electron chi connectivity index (χ4n) is 3.85. The summed E-state index contributed by atoms with van der Waals surface area (Å²) in [4.78, 5) is 17.2. The van der Waals surface area contributed by atoms with Crippen LogP contribution in [0.15, 0.2) is 91.1 Å². The Kier molecular flexibility index (Phi) is 5.29. The average Bonchev–Trinajstić information content (AvgIpc) is 3.14. The molecule has 5 aromatic rings. The van der Waals surface area contributed by atoms with E-state index in [2.05, 4.69) is 20.4 Å². The molecule has 0 spiro atoms. The molecule has 0 saturated heterocycles. The quantitative estimate of drug-likeness (QED) is 0.312. The summed E-state index contributed by atoms with van der Waals surface area (Å²) in [6.45, 7) is 0. The number of hydrogen-bond donors (Lipinski definition) is 2. The number of carbonyl (C=O) groups excluding carboxylic acids is 1. The number of hydrogen-bond acceptors (Lipinski definition) is 3. The molecule has 2 N–H and O–H groups in total. The molecule has 9 heteroatoms. The number of amides is 2. The molecule has 0 bridgehead atoms. The number of carbonyl (C=O) groups is 1. The lowest BCUT2D eigenvalue weighted by Crippen LogP contribution is -2.21. The summed E-state index contributed by atoms with van der Waals surface area (Å²) in [6, 6.07) is 23.6. The van der Waals surface area contributed by atoms with E-state index >= 15 is 0 Å². The van der Waals surface area contributed by atoms with Gasteiger partial charge in [0.1, 0.15) is 5.75 Å². The predicted molar refractivity (Wildman–Crippen MR) is 124 cm³/mol. The van der Waals surface area contributed by atoms with Crippen molar-refractivity contribution in [2.45, 2.75) is 6.36 Å². The van der Waals surface area contributed by atoms with E-state index in [1.165, 1.54) is 12.1 Å². The Bertz CT molecular complexity index is 1440. The summed E-state index contributed by atoms with van der Waals surface area (Å²) in [5, 5.41) is 7.50. The van der Waals surface area contributed by atoms with Gasteiger partial charge in [0.05, 0.1) is 16.7 Å². The van der Waals surface area contributed by atoms with Crippen molar-refractivity contribution in [3.63, 3.8) is 0 Å². The molecule has 0 fully saturated rings. The van der Waals surface area contributed by atoms with Crippen LogP contribution in [0.5, 0.6) is 5.75 Å². The Hall–Kier alpha value is -4.53. The molecule has 5 rings (SSSR count). The van der Waals surface area contributed by atoms with Crippen LogP contribution in [0, 0.1) is 0 Å². The first-order valence-corrected chi connectivity index (χ1v) is 10.3.